The fourth-order valence-electron chi connectivity index (χ4n) is 1.94. The number of amides is 2. The quantitative estimate of drug-likeness (QED) is 0.608. The smallest absolute Gasteiger partial charge is 0.242 e. The Morgan fingerprint density at radius 1 is 1.22 bits per heavy atom. The molecule has 2 aliphatic rings. The van der Waals surface area contributed by atoms with Gasteiger partial charge in [0.25, 0.3) is 0 Å². The molecule has 1 unspecified atom stereocenters. The van der Waals surface area contributed by atoms with E-state index in [9.17, 15) is 9.59 Å². The summed E-state index contributed by atoms with van der Waals surface area (Å²) in [6, 6.07) is -0.351. The van der Waals surface area contributed by atoms with Crippen molar-refractivity contribution in [2.24, 2.45) is 0 Å². The maximum atomic E-state index is 11.8. The highest BCUT2D eigenvalue weighted by Crippen LogP contribution is 1.97. The highest BCUT2D eigenvalue weighted by atomic mass is 16.5. The molecule has 2 N–H and O–H groups in total. The minimum atomic E-state index is -0.351. The second kappa shape index (κ2) is 6.67. The molecule has 0 radical (unpaired) electrons. The molecule has 0 aromatic heterocycles. The van der Waals surface area contributed by atoms with E-state index in [2.05, 4.69) is 10.6 Å². The van der Waals surface area contributed by atoms with Gasteiger partial charge in [-0.25, -0.2) is 0 Å². The Hall–Kier alpha value is -1.18. The van der Waals surface area contributed by atoms with Crippen LogP contribution in [0.1, 0.15) is 0 Å². The van der Waals surface area contributed by atoms with Crippen LogP contribution < -0.4 is 10.6 Å². The molecule has 0 saturated carbocycles. The molecule has 0 aliphatic carbocycles. The van der Waals surface area contributed by atoms with E-state index in [0.717, 1.165) is 0 Å². The lowest BCUT2D eigenvalue weighted by atomic mass is 10.2. The highest BCUT2D eigenvalue weighted by molar-refractivity contribution is 5.87. The fraction of sp³-hybridized carbons (Fsp3) is 0.818. The van der Waals surface area contributed by atoms with Gasteiger partial charge in [0.2, 0.25) is 11.8 Å². The molecule has 2 rings (SSSR count). The van der Waals surface area contributed by atoms with Crippen molar-refractivity contribution in [2.75, 3.05) is 52.6 Å². The minimum absolute atomic E-state index is 0.0387. The van der Waals surface area contributed by atoms with Crippen molar-refractivity contribution in [2.45, 2.75) is 6.04 Å². The van der Waals surface area contributed by atoms with Gasteiger partial charge >= 0.3 is 0 Å². The first kappa shape index (κ1) is 13.3. The van der Waals surface area contributed by atoms with Gasteiger partial charge in [-0.1, -0.05) is 0 Å². The number of ether oxygens (including phenoxy) is 2. The molecule has 2 fully saturated rings. The molecule has 2 aliphatic heterocycles. The molecule has 0 spiro atoms. The third-order valence-corrected chi connectivity index (χ3v) is 3.02. The summed E-state index contributed by atoms with van der Waals surface area (Å²) in [6.45, 7) is 4.01. The zero-order valence-electron chi connectivity index (χ0n) is 10.3. The Bertz CT molecular complexity index is 269. The van der Waals surface area contributed by atoms with Crippen molar-refractivity contribution >= 4 is 11.8 Å². The van der Waals surface area contributed by atoms with E-state index in [4.69, 9.17) is 9.47 Å². The van der Waals surface area contributed by atoms with E-state index in [0.29, 0.717) is 46.1 Å². The molecule has 18 heavy (non-hydrogen) atoms. The van der Waals surface area contributed by atoms with Crippen LogP contribution >= 0.6 is 0 Å². The summed E-state index contributed by atoms with van der Waals surface area (Å²) in [5, 5.41) is 5.68. The van der Waals surface area contributed by atoms with Gasteiger partial charge in [-0.3, -0.25) is 9.59 Å². The maximum Gasteiger partial charge on any atom is 0.242 e. The first-order chi connectivity index (χ1) is 8.77. The summed E-state index contributed by atoms with van der Waals surface area (Å²) in [7, 11) is 0. The SMILES string of the molecule is O=C(NCC(=O)N1CCOCC1)C1COCCN1. The molecule has 102 valence electrons. The molecule has 0 aromatic carbocycles. The molecule has 7 heteroatoms. The third kappa shape index (κ3) is 3.66. The van der Waals surface area contributed by atoms with Crippen molar-refractivity contribution in [3.63, 3.8) is 0 Å². The average Bonchev–Trinajstić information content (AvgIpc) is 2.46. The summed E-state index contributed by atoms with van der Waals surface area (Å²) in [6.07, 6.45) is 0. The highest BCUT2D eigenvalue weighted by Gasteiger charge is 2.23. The summed E-state index contributed by atoms with van der Waals surface area (Å²) in [5.41, 5.74) is 0. The lowest BCUT2D eigenvalue weighted by Gasteiger charge is -2.27. The van der Waals surface area contributed by atoms with Crippen molar-refractivity contribution in [1.29, 1.82) is 0 Å². The molecule has 1 atom stereocenters. The molecular formula is C11H19N3O4. The molecule has 2 amide bonds. The molecule has 0 bridgehead atoms. The predicted octanol–water partition coefficient (Wildman–Crippen LogP) is -2.05. The van der Waals surface area contributed by atoms with Gasteiger partial charge in [0.05, 0.1) is 33.0 Å². The monoisotopic (exact) mass is 257 g/mol. The van der Waals surface area contributed by atoms with E-state index in [1.807, 2.05) is 0 Å². The Morgan fingerprint density at radius 2 is 2.00 bits per heavy atom. The number of nitrogens with zero attached hydrogens (tertiary/aromatic N) is 1. The average molecular weight is 257 g/mol. The lowest BCUT2D eigenvalue weighted by molar-refractivity contribution is -0.137. The standard InChI is InChI=1S/C11H19N3O4/c15-10(14-2-5-17-6-3-14)7-13-11(16)9-8-18-4-1-12-9/h9,12H,1-8H2,(H,13,16). The molecular weight excluding hydrogens is 238 g/mol. The van der Waals surface area contributed by atoms with Gasteiger partial charge in [-0.05, 0) is 0 Å². The molecule has 2 saturated heterocycles. The number of morpholine rings is 2. The largest absolute Gasteiger partial charge is 0.378 e. The number of carbonyl (C=O) groups is 2. The first-order valence-electron chi connectivity index (χ1n) is 6.22. The van der Waals surface area contributed by atoms with E-state index < -0.39 is 0 Å². The van der Waals surface area contributed by atoms with Crippen molar-refractivity contribution < 1.29 is 19.1 Å². The van der Waals surface area contributed by atoms with Crippen LogP contribution in [0.5, 0.6) is 0 Å². The van der Waals surface area contributed by atoms with Gasteiger partial charge < -0.3 is 25.0 Å². The fourth-order valence-corrected chi connectivity index (χ4v) is 1.94. The van der Waals surface area contributed by atoms with Gasteiger partial charge in [0.1, 0.15) is 6.04 Å². The first-order valence-corrected chi connectivity index (χ1v) is 6.22. The van der Waals surface area contributed by atoms with Crippen molar-refractivity contribution in [3.8, 4) is 0 Å². The van der Waals surface area contributed by atoms with Gasteiger partial charge in [-0.15, -0.1) is 0 Å². The lowest BCUT2D eigenvalue weighted by Crippen LogP contribution is -2.53. The molecule has 7 nitrogen and oxygen atoms in total. The van der Waals surface area contributed by atoms with Crippen LogP contribution in [0.3, 0.4) is 0 Å². The second-order valence-corrected chi connectivity index (χ2v) is 4.29. The Labute approximate surface area is 106 Å². The number of rotatable bonds is 3. The van der Waals surface area contributed by atoms with Crippen LogP contribution in [0.25, 0.3) is 0 Å². The summed E-state index contributed by atoms with van der Waals surface area (Å²) in [5.74, 6) is -0.250. The normalized spacial score (nSPS) is 24.7. The van der Waals surface area contributed by atoms with Gasteiger partial charge in [0.15, 0.2) is 0 Å². The summed E-state index contributed by atoms with van der Waals surface area (Å²) in [4.78, 5) is 25.2. The second-order valence-electron chi connectivity index (χ2n) is 4.29. The summed E-state index contributed by atoms with van der Waals surface area (Å²) >= 11 is 0. The summed E-state index contributed by atoms with van der Waals surface area (Å²) < 4.78 is 10.4. The zero-order chi connectivity index (χ0) is 12.8. The molecule has 2 heterocycles. The van der Waals surface area contributed by atoms with Gasteiger partial charge in [0, 0.05) is 19.6 Å². The number of nitrogens with one attached hydrogen (secondary N) is 2. The zero-order valence-corrected chi connectivity index (χ0v) is 10.3. The van der Waals surface area contributed by atoms with Crippen LogP contribution in [-0.2, 0) is 19.1 Å². The van der Waals surface area contributed by atoms with E-state index in [1.165, 1.54) is 0 Å². The van der Waals surface area contributed by atoms with Crippen LogP contribution in [0, 0.1) is 0 Å². The van der Waals surface area contributed by atoms with E-state index in [-0.39, 0.29) is 24.4 Å². The number of hydrogen-bond donors (Lipinski definition) is 2. The Kier molecular flexibility index (Phi) is 4.91. The van der Waals surface area contributed by atoms with Crippen LogP contribution in [0.2, 0.25) is 0 Å². The Balaban J connectivity index is 1.69. The van der Waals surface area contributed by atoms with E-state index in [1.54, 1.807) is 4.90 Å². The van der Waals surface area contributed by atoms with Crippen molar-refractivity contribution in [1.82, 2.24) is 15.5 Å². The van der Waals surface area contributed by atoms with Crippen LogP contribution in [0.4, 0.5) is 0 Å². The van der Waals surface area contributed by atoms with Crippen LogP contribution in [-0.4, -0.2) is 75.4 Å². The number of hydrogen-bond acceptors (Lipinski definition) is 5. The third-order valence-electron chi connectivity index (χ3n) is 3.02. The van der Waals surface area contributed by atoms with Crippen molar-refractivity contribution in [3.05, 3.63) is 0 Å². The topological polar surface area (TPSA) is 79.9 Å². The van der Waals surface area contributed by atoms with E-state index >= 15 is 0 Å². The van der Waals surface area contributed by atoms with Crippen LogP contribution in [0.15, 0.2) is 0 Å². The maximum absolute atomic E-state index is 11.8. The predicted molar refractivity (Wildman–Crippen MR) is 63.0 cm³/mol. The van der Waals surface area contributed by atoms with Gasteiger partial charge in [-0.2, -0.15) is 0 Å². The Morgan fingerprint density at radius 3 is 2.67 bits per heavy atom. The minimum Gasteiger partial charge on any atom is -0.378 e. The number of carbonyl (C=O) groups excluding carboxylic acids is 2. The molecule has 0 aromatic rings.